The Bertz CT molecular complexity index is 4430. The average molecular weight is 912 g/mol. The minimum Gasteiger partial charge on any atom is -0.309 e. The third kappa shape index (κ3) is 5.45. The van der Waals surface area contributed by atoms with Crippen molar-refractivity contribution < 1.29 is 0 Å². The fraction of sp³-hybridized carbons (Fsp3) is 0.0909. The van der Waals surface area contributed by atoms with Crippen LogP contribution >= 0.6 is 11.3 Å². The van der Waals surface area contributed by atoms with E-state index in [9.17, 15) is 0 Å². The molecule has 0 bridgehead atoms. The third-order valence-electron chi connectivity index (χ3n) is 16.0. The lowest BCUT2D eigenvalue weighted by Crippen LogP contribution is -2.15. The van der Waals surface area contributed by atoms with Crippen LogP contribution in [-0.4, -0.2) is 14.5 Å². The van der Waals surface area contributed by atoms with Crippen molar-refractivity contribution in [3.8, 4) is 61.6 Å². The molecule has 10 aromatic carbocycles. The molecule has 15 rings (SSSR count). The highest BCUT2D eigenvalue weighted by Gasteiger charge is 2.37. The Balaban J connectivity index is 0.964. The summed E-state index contributed by atoms with van der Waals surface area (Å²) in [6.45, 7) is 9.40. The Morgan fingerprint density at radius 1 is 0.386 bits per heavy atom. The quantitative estimate of drug-likeness (QED) is 0.176. The van der Waals surface area contributed by atoms with Gasteiger partial charge in [-0.15, -0.1) is 11.3 Å². The fourth-order valence-electron chi connectivity index (χ4n) is 12.5. The first-order valence-electron chi connectivity index (χ1n) is 24.4. The first kappa shape index (κ1) is 39.8. The number of benzene rings is 10. The van der Waals surface area contributed by atoms with Crippen LogP contribution in [0.3, 0.4) is 0 Å². The smallest absolute Gasteiger partial charge is 0.0973 e. The van der Waals surface area contributed by atoms with Gasteiger partial charge in [-0.2, -0.15) is 0 Å². The fourth-order valence-corrected chi connectivity index (χ4v) is 13.7. The van der Waals surface area contributed by atoms with E-state index in [1.54, 1.807) is 0 Å². The van der Waals surface area contributed by atoms with Gasteiger partial charge >= 0.3 is 0 Å². The molecule has 2 aliphatic carbocycles. The summed E-state index contributed by atoms with van der Waals surface area (Å²) in [4.78, 5) is 11.4. The molecule has 0 aliphatic heterocycles. The van der Waals surface area contributed by atoms with E-state index in [0.717, 1.165) is 50.3 Å². The van der Waals surface area contributed by atoms with Gasteiger partial charge < -0.3 is 4.57 Å². The Morgan fingerprint density at radius 3 is 1.70 bits per heavy atom. The van der Waals surface area contributed by atoms with Crippen LogP contribution in [0.15, 0.2) is 200 Å². The molecule has 0 spiro atoms. The van der Waals surface area contributed by atoms with Gasteiger partial charge in [0.1, 0.15) is 0 Å². The SMILES string of the molecule is CC1(C)c2ccccc2-c2ccc(-c3nc4ccc(-n5c6cc(-c7cccc8c7sc7ccccc78)ccc6c6c7ccccc7ccc65)cc4nc3-c3ccc4c(c3)C(C)(C)c3ccccc3-4)cc21. The second-order valence-electron chi connectivity index (χ2n) is 20.5. The van der Waals surface area contributed by atoms with E-state index >= 15 is 0 Å². The molecule has 0 unspecified atom stereocenters. The molecule has 4 heteroatoms. The van der Waals surface area contributed by atoms with E-state index < -0.39 is 0 Å². The standard InChI is InChI=1S/C66H45N3S/c1-65(2)52-21-10-7-16-45(52)47-29-25-40(34-54(47)65)62-63(41-26-30-48-46-17-8-11-22-53(46)66(3,4)55(48)35-41)68-57-37-42(28-32-56(57)67-62)69-58-33-27-38-14-5-6-15-43(38)61(58)51-31-24-39(36-59(51)69)44-19-13-20-50-49-18-9-12-23-60(49)70-64(44)50/h5-37H,1-4H3. The molecule has 0 atom stereocenters. The largest absolute Gasteiger partial charge is 0.309 e. The zero-order valence-electron chi connectivity index (χ0n) is 39.3. The number of nitrogens with zero attached hydrogens (tertiary/aromatic N) is 3. The van der Waals surface area contributed by atoms with Crippen molar-refractivity contribution in [1.82, 2.24) is 14.5 Å². The minimum atomic E-state index is -0.162. The molecule has 0 amide bonds. The van der Waals surface area contributed by atoms with Gasteiger partial charge in [-0.3, -0.25) is 0 Å². The maximum Gasteiger partial charge on any atom is 0.0973 e. The highest BCUT2D eigenvalue weighted by molar-refractivity contribution is 7.26. The highest BCUT2D eigenvalue weighted by Crippen LogP contribution is 2.52. The molecular weight excluding hydrogens is 867 g/mol. The molecule has 0 radical (unpaired) electrons. The highest BCUT2D eigenvalue weighted by atomic mass is 32.1. The summed E-state index contributed by atoms with van der Waals surface area (Å²) in [6.07, 6.45) is 0. The lowest BCUT2D eigenvalue weighted by atomic mass is 9.81. The predicted octanol–water partition coefficient (Wildman–Crippen LogP) is 17.9. The molecule has 0 saturated heterocycles. The molecule has 13 aromatic rings. The van der Waals surface area contributed by atoms with Crippen LogP contribution in [-0.2, 0) is 10.8 Å². The lowest BCUT2D eigenvalue weighted by Gasteiger charge is -2.23. The van der Waals surface area contributed by atoms with Crippen LogP contribution in [0.2, 0.25) is 0 Å². The molecule has 0 saturated carbocycles. The van der Waals surface area contributed by atoms with Crippen LogP contribution in [0.5, 0.6) is 0 Å². The van der Waals surface area contributed by atoms with Crippen molar-refractivity contribution in [2.75, 3.05) is 0 Å². The Morgan fingerprint density at radius 2 is 0.971 bits per heavy atom. The number of aromatic nitrogens is 3. The molecule has 3 aromatic heterocycles. The summed E-state index contributed by atoms with van der Waals surface area (Å²) in [5.74, 6) is 0. The van der Waals surface area contributed by atoms with Crippen molar-refractivity contribution in [3.05, 3.63) is 222 Å². The second kappa shape index (κ2) is 14.2. The summed E-state index contributed by atoms with van der Waals surface area (Å²) >= 11 is 1.88. The number of rotatable bonds is 4. The van der Waals surface area contributed by atoms with E-state index in [-0.39, 0.29) is 10.8 Å². The van der Waals surface area contributed by atoms with Crippen LogP contribution < -0.4 is 0 Å². The molecule has 3 nitrogen and oxygen atoms in total. The van der Waals surface area contributed by atoms with Gasteiger partial charge in [0.15, 0.2) is 0 Å². The molecule has 2 aliphatic rings. The Hall–Kier alpha value is -8.18. The molecule has 330 valence electrons. The Labute approximate surface area is 410 Å². The minimum absolute atomic E-state index is 0.150. The van der Waals surface area contributed by atoms with Crippen molar-refractivity contribution in [3.63, 3.8) is 0 Å². The van der Waals surface area contributed by atoms with Crippen molar-refractivity contribution in [1.29, 1.82) is 0 Å². The summed E-state index contributed by atoms with van der Waals surface area (Å²) in [5.41, 5.74) is 21.7. The third-order valence-corrected chi connectivity index (χ3v) is 17.2. The number of fused-ring (bicyclic) bond motifs is 15. The first-order chi connectivity index (χ1) is 34.2. The van der Waals surface area contributed by atoms with E-state index in [2.05, 4.69) is 232 Å². The van der Waals surface area contributed by atoms with Gasteiger partial charge in [-0.25, -0.2) is 9.97 Å². The monoisotopic (exact) mass is 911 g/mol. The normalized spacial score (nSPS) is 14.2. The van der Waals surface area contributed by atoms with Crippen molar-refractivity contribution in [2.45, 2.75) is 38.5 Å². The van der Waals surface area contributed by atoms with Crippen LogP contribution in [0.25, 0.3) is 125 Å². The van der Waals surface area contributed by atoms with E-state index in [0.29, 0.717) is 0 Å². The van der Waals surface area contributed by atoms with Crippen LogP contribution in [0, 0.1) is 0 Å². The molecule has 3 heterocycles. The van der Waals surface area contributed by atoms with Gasteiger partial charge in [0.05, 0.1) is 33.5 Å². The molecule has 0 N–H and O–H groups in total. The summed E-state index contributed by atoms with van der Waals surface area (Å²) < 4.78 is 5.08. The first-order valence-corrected chi connectivity index (χ1v) is 25.2. The number of hydrogen-bond donors (Lipinski definition) is 0. The summed E-state index contributed by atoms with van der Waals surface area (Å²) in [5, 5.41) is 7.57. The van der Waals surface area contributed by atoms with Crippen LogP contribution in [0.1, 0.15) is 49.9 Å². The molecule has 70 heavy (non-hydrogen) atoms. The maximum atomic E-state index is 5.74. The number of hydrogen-bond acceptors (Lipinski definition) is 3. The van der Waals surface area contributed by atoms with Gasteiger partial charge in [0.25, 0.3) is 0 Å². The van der Waals surface area contributed by atoms with Crippen molar-refractivity contribution >= 4 is 75.1 Å². The topological polar surface area (TPSA) is 30.7 Å². The van der Waals surface area contributed by atoms with E-state index in [1.807, 2.05) is 11.3 Å². The van der Waals surface area contributed by atoms with Crippen LogP contribution in [0.4, 0.5) is 0 Å². The summed E-state index contributed by atoms with van der Waals surface area (Å²) in [6, 6.07) is 74.3. The summed E-state index contributed by atoms with van der Waals surface area (Å²) in [7, 11) is 0. The van der Waals surface area contributed by atoms with Gasteiger partial charge in [0, 0.05) is 58.6 Å². The zero-order chi connectivity index (χ0) is 46.6. The molecule has 0 fully saturated rings. The van der Waals surface area contributed by atoms with E-state index in [1.165, 1.54) is 97.4 Å². The van der Waals surface area contributed by atoms with Gasteiger partial charge in [0.2, 0.25) is 0 Å². The number of thiophene rings is 1. The maximum absolute atomic E-state index is 5.74. The predicted molar refractivity (Wildman–Crippen MR) is 296 cm³/mol. The van der Waals surface area contributed by atoms with E-state index in [4.69, 9.17) is 9.97 Å². The van der Waals surface area contributed by atoms with Gasteiger partial charge in [-0.1, -0.05) is 179 Å². The zero-order valence-corrected chi connectivity index (χ0v) is 40.1. The lowest BCUT2D eigenvalue weighted by molar-refractivity contribution is 0.660. The second-order valence-corrected chi connectivity index (χ2v) is 21.5. The Kier molecular flexibility index (Phi) is 8.07. The van der Waals surface area contributed by atoms with Gasteiger partial charge in [-0.05, 0) is 115 Å². The molecular formula is C66H45N3S. The average Bonchev–Trinajstić information content (AvgIpc) is 4.08. The van der Waals surface area contributed by atoms with Crippen molar-refractivity contribution in [2.24, 2.45) is 0 Å².